The topological polar surface area (TPSA) is 62.5 Å². The van der Waals surface area contributed by atoms with E-state index in [0.29, 0.717) is 13.1 Å². The number of rotatable bonds is 7. The number of hydrogen-bond acceptors (Lipinski definition) is 5. The summed E-state index contributed by atoms with van der Waals surface area (Å²) in [4.78, 5) is 2.25. The fourth-order valence-electron chi connectivity index (χ4n) is 2.52. The lowest BCUT2D eigenvalue weighted by Gasteiger charge is -2.29. The van der Waals surface area contributed by atoms with Crippen molar-refractivity contribution in [2.45, 2.75) is 39.0 Å². The van der Waals surface area contributed by atoms with Crippen LogP contribution in [0.15, 0.2) is 12.4 Å². The molecule has 3 atom stereocenters. The number of aliphatic hydroxyl groups is 1. The highest BCUT2D eigenvalue weighted by Gasteiger charge is 2.18. The number of aromatic nitrogens is 2. The summed E-state index contributed by atoms with van der Waals surface area (Å²) in [5, 5.41) is 17.9. The Bertz CT molecular complexity index is 418. The summed E-state index contributed by atoms with van der Waals surface area (Å²) in [5.74, 6) is 0. The van der Waals surface area contributed by atoms with Crippen LogP contribution in [0, 0.1) is 6.92 Å². The number of ether oxygens (including phenoxy) is 1. The summed E-state index contributed by atoms with van der Waals surface area (Å²) in [6.07, 6.45) is 3.57. The number of aliphatic hydroxyl groups excluding tert-OH is 1. The van der Waals surface area contributed by atoms with Crippen LogP contribution in [0.4, 0.5) is 0 Å². The number of β-amino-alcohol motifs (C(OH)–C–C–N with tert-alkyl or cyclic N) is 1. The van der Waals surface area contributed by atoms with E-state index in [2.05, 4.69) is 29.2 Å². The second kappa shape index (κ2) is 7.89. The van der Waals surface area contributed by atoms with Crippen LogP contribution < -0.4 is 5.32 Å². The van der Waals surface area contributed by atoms with Crippen LogP contribution in [0.5, 0.6) is 0 Å². The summed E-state index contributed by atoms with van der Waals surface area (Å²) in [6.45, 7) is 11.0. The number of nitrogens with one attached hydrogen (secondary N) is 1. The molecule has 0 aromatic carbocycles. The van der Waals surface area contributed by atoms with Gasteiger partial charge in [0.2, 0.25) is 0 Å². The van der Waals surface area contributed by atoms with Gasteiger partial charge in [0.05, 0.1) is 31.6 Å². The Labute approximate surface area is 127 Å². The molecule has 0 spiro atoms. The lowest BCUT2D eigenvalue weighted by atomic mass is 10.1. The average molecular weight is 296 g/mol. The van der Waals surface area contributed by atoms with Crippen molar-refractivity contribution in [1.29, 1.82) is 0 Å². The van der Waals surface area contributed by atoms with E-state index in [4.69, 9.17) is 4.74 Å². The molecule has 0 saturated carbocycles. The summed E-state index contributed by atoms with van der Waals surface area (Å²) in [5.41, 5.74) is 1.17. The molecular formula is C15H28N4O2. The first-order chi connectivity index (χ1) is 10.1. The molecule has 120 valence electrons. The molecule has 2 rings (SSSR count). The molecule has 2 heterocycles. The molecule has 1 fully saturated rings. The van der Waals surface area contributed by atoms with Gasteiger partial charge in [-0.25, -0.2) is 0 Å². The molecule has 0 amide bonds. The number of morpholine rings is 1. The molecular weight excluding hydrogens is 268 g/mol. The Hall–Kier alpha value is -0.950. The van der Waals surface area contributed by atoms with Gasteiger partial charge >= 0.3 is 0 Å². The van der Waals surface area contributed by atoms with Gasteiger partial charge in [-0.05, 0) is 26.3 Å². The number of hydrogen-bond donors (Lipinski definition) is 2. The molecule has 6 nitrogen and oxygen atoms in total. The molecule has 21 heavy (non-hydrogen) atoms. The maximum Gasteiger partial charge on any atom is 0.0791 e. The average Bonchev–Trinajstić information content (AvgIpc) is 2.91. The second-order valence-corrected chi connectivity index (χ2v) is 6.00. The first-order valence-electron chi connectivity index (χ1n) is 7.78. The van der Waals surface area contributed by atoms with Crippen molar-refractivity contribution in [3.63, 3.8) is 0 Å². The van der Waals surface area contributed by atoms with Crippen molar-refractivity contribution in [3.05, 3.63) is 18.0 Å². The van der Waals surface area contributed by atoms with Crippen LogP contribution in [-0.2, 0) is 4.74 Å². The maximum atomic E-state index is 10.1. The fraction of sp³-hybridized carbons (Fsp3) is 0.800. The lowest BCUT2D eigenvalue weighted by molar-refractivity contribution is 0.0143. The SMILES string of the molecule is Cc1cnn([C@H](C)[C@H](C)NC[C@@H](O)CN2CCOCC2)c1. The zero-order valence-corrected chi connectivity index (χ0v) is 13.3. The predicted octanol–water partition coefficient (Wildman–Crippen LogP) is 0.424. The van der Waals surface area contributed by atoms with Crippen LogP contribution in [-0.4, -0.2) is 71.3 Å². The largest absolute Gasteiger partial charge is 0.390 e. The second-order valence-electron chi connectivity index (χ2n) is 6.00. The molecule has 1 aliphatic heterocycles. The van der Waals surface area contributed by atoms with Crippen LogP contribution in [0.25, 0.3) is 0 Å². The number of aryl methyl sites for hydroxylation is 1. The smallest absolute Gasteiger partial charge is 0.0791 e. The summed E-state index contributed by atoms with van der Waals surface area (Å²) < 4.78 is 7.29. The zero-order valence-electron chi connectivity index (χ0n) is 13.3. The highest BCUT2D eigenvalue weighted by atomic mass is 16.5. The Morgan fingerprint density at radius 3 is 2.71 bits per heavy atom. The first-order valence-corrected chi connectivity index (χ1v) is 7.78. The van der Waals surface area contributed by atoms with Crippen molar-refractivity contribution in [2.24, 2.45) is 0 Å². The van der Waals surface area contributed by atoms with Crippen LogP contribution in [0.3, 0.4) is 0 Å². The molecule has 6 heteroatoms. The quantitative estimate of drug-likeness (QED) is 0.764. The molecule has 0 aliphatic carbocycles. The maximum absolute atomic E-state index is 10.1. The highest BCUT2D eigenvalue weighted by Crippen LogP contribution is 2.10. The third-order valence-corrected chi connectivity index (χ3v) is 4.12. The molecule has 1 aromatic rings. The molecule has 1 aromatic heterocycles. The third-order valence-electron chi connectivity index (χ3n) is 4.12. The van der Waals surface area contributed by atoms with Gasteiger partial charge in [-0.3, -0.25) is 9.58 Å². The summed E-state index contributed by atoms with van der Waals surface area (Å²) >= 11 is 0. The standard InChI is InChI=1S/C15H28N4O2/c1-12-8-17-19(10-12)14(3)13(2)16-9-15(20)11-18-4-6-21-7-5-18/h8,10,13-16,20H,4-7,9,11H2,1-3H3/t13-,14+,15+/m0/s1. The minimum Gasteiger partial charge on any atom is -0.390 e. The Balaban J connectivity index is 1.71. The van der Waals surface area contributed by atoms with E-state index in [1.807, 2.05) is 24.0 Å². The van der Waals surface area contributed by atoms with Gasteiger partial charge in [0.1, 0.15) is 0 Å². The molecule has 1 aliphatic rings. The van der Waals surface area contributed by atoms with Gasteiger partial charge in [-0.2, -0.15) is 5.10 Å². The molecule has 1 saturated heterocycles. The first kappa shape index (κ1) is 16.4. The van der Waals surface area contributed by atoms with Crippen molar-refractivity contribution in [1.82, 2.24) is 20.0 Å². The van der Waals surface area contributed by atoms with Gasteiger partial charge in [0.25, 0.3) is 0 Å². The van der Waals surface area contributed by atoms with Crippen molar-refractivity contribution in [3.8, 4) is 0 Å². The van der Waals surface area contributed by atoms with Crippen molar-refractivity contribution < 1.29 is 9.84 Å². The van der Waals surface area contributed by atoms with E-state index in [1.54, 1.807) is 0 Å². The Morgan fingerprint density at radius 1 is 1.38 bits per heavy atom. The fourth-order valence-corrected chi connectivity index (χ4v) is 2.52. The molecule has 0 unspecified atom stereocenters. The predicted molar refractivity (Wildman–Crippen MR) is 82.4 cm³/mol. The summed E-state index contributed by atoms with van der Waals surface area (Å²) in [6, 6.07) is 0.512. The minimum atomic E-state index is -0.350. The monoisotopic (exact) mass is 296 g/mol. The van der Waals surface area contributed by atoms with E-state index >= 15 is 0 Å². The zero-order chi connectivity index (χ0) is 15.2. The molecule has 0 bridgehead atoms. The number of nitrogens with zero attached hydrogens (tertiary/aromatic N) is 3. The van der Waals surface area contributed by atoms with E-state index in [9.17, 15) is 5.11 Å². The van der Waals surface area contributed by atoms with Crippen molar-refractivity contribution in [2.75, 3.05) is 39.4 Å². The van der Waals surface area contributed by atoms with E-state index in [-0.39, 0.29) is 18.2 Å². The van der Waals surface area contributed by atoms with Gasteiger partial charge in [0.15, 0.2) is 0 Å². The van der Waals surface area contributed by atoms with E-state index in [1.165, 1.54) is 5.56 Å². The van der Waals surface area contributed by atoms with Gasteiger partial charge in [-0.15, -0.1) is 0 Å². The van der Waals surface area contributed by atoms with Crippen LogP contribution in [0.1, 0.15) is 25.5 Å². The molecule has 2 N–H and O–H groups in total. The lowest BCUT2D eigenvalue weighted by Crippen LogP contribution is -2.46. The minimum absolute atomic E-state index is 0.253. The summed E-state index contributed by atoms with van der Waals surface area (Å²) in [7, 11) is 0. The third kappa shape index (κ3) is 5.07. The van der Waals surface area contributed by atoms with Gasteiger partial charge in [-0.1, -0.05) is 0 Å². The normalized spacial score (nSPS) is 21.1. The molecule has 0 radical (unpaired) electrons. The van der Waals surface area contributed by atoms with E-state index < -0.39 is 0 Å². The van der Waals surface area contributed by atoms with Crippen LogP contribution in [0.2, 0.25) is 0 Å². The van der Waals surface area contributed by atoms with Crippen molar-refractivity contribution >= 4 is 0 Å². The van der Waals surface area contributed by atoms with Gasteiger partial charge < -0.3 is 15.2 Å². The van der Waals surface area contributed by atoms with E-state index in [0.717, 1.165) is 26.3 Å². The highest BCUT2D eigenvalue weighted by molar-refractivity contribution is 5.00. The Kier molecular flexibility index (Phi) is 6.17. The Morgan fingerprint density at radius 2 is 2.10 bits per heavy atom. The van der Waals surface area contributed by atoms with Crippen LogP contribution >= 0.6 is 0 Å². The van der Waals surface area contributed by atoms with Gasteiger partial charge in [0, 0.05) is 38.4 Å².